The Hall–Kier alpha value is -1.92. The quantitative estimate of drug-likeness (QED) is 0.693. The summed E-state index contributed by atoms with van der Waals surface area (Å²) in [5.74, 6) is 0. The second-order valence-electron chi connectivity index (χ2n) is 5.91. The highest BCUT2D eigenvalue weighted by Gasteiger charge is 2.23. The van der Waals surface area contributed by atoms with Crippen LogP contribution in [-0.4, -0.2) is 32.4 Å². The molecule has 0 saturated heterocycles. The molecule has 3 N–H and O–H groups in total. The highest BCUT2D eigenvalue weighted by molar-refractivity contribution is 7.22. The van der Waals surface area contributed by atoms with Crippen LogP contribution >= 0.6 is 11.3 Å². The Kier molecular flexibility index (Phi) is 3.35. The average molecular weight is 314 g/mol. The van der Waals surface area contributed by atoms with E-state index < -0.39 is 0 Å². The summed E-state index contributed by atoms with van der Waals surface area (Å²) in [6.07, 6.45) is 4.32. The molecule has 0 spiro atoms. The molecule has 3 heterocycles. The van der Waals surface area contributed by atoms with Crippen LogP contribution in [0.3, 0.4) is 0 Å². The van der Waals surface area contributed by atoms with Crippen LogP contribution in [0.4, 0.5) is 5.69 Å². The zero-order valence-corrected chi connectivity index (χ0v) is 13.2. The number of aromatic amines is 1. The molecule has 0 amide bonds. The topological polar surface area (TPSA) is 73.8 Å². The SMILES string of the molecule is Cc1cc(N[C@H]2CC[C@H](O)C2)c2sc(-c3ccn[nH]3)cc2n1. The number of hydrogen-bond donors (Lipinski definition) is 3. The van der Waals surface area contributed by atoms with E-state index in [9.17, 15) is 5.11 Å². The molecule has 1 saturated carbocycles. The number of thiophene rings is 1. The monoisotopic (exact) mass is 314 g/mol. The lowest BCUT2D eigenvalue weighted by Gasteiger charge is -2.14. The van der Waals surface area contributed by atoms with Crippen LogP contribution in [0.2, 0.25) is 0 Å². The van der Waals surface area contributed by atoms with Crippen molar-refractivity contribution in [3.63, 3.8) is 0 Å². The van der Waals surface area contributed by atoms with E-state index in [1.54, 1.807) is 17.5 Å². The number of aliphatic hydroxyl groups is 1. The Morgan fingerprint density at radius 1 is 1.36 bits per heavy atom. The van der Waals surface area contributed by atoms with Gasteiger partial charge in [0.1, 0.15) is 0 Å². The Balaban J connectivity index is 1.73. The van der Waals surface area contributed by atoms with E-state index in [4.69, 9.17) is 0 Å². The molecule has 0 unspecified atom stereocenters. The molecule has 2 atom stereocenters. The molecule has 1 aliphatic rings. The number of aromatic nitrogens is 3. The minimum atomic E-state index is -0.167. The summed E-state index contributed by atoms with van der Waals surface area (Å²) in [7, 11) is 0. The molecular formula is C16H18N4OS. The number of fused-ring (bicyclic) bond motifs is 1. The fourth-order valence-electron chi connectivity index (χ4n) is 3.10. The lowest BCUT2D eigenvalue weighted by molar-refractivity contribution is 0.182. The molecular weight excluding hydrogens is 296 g/mol. The maximum absolute atomic E-state index is 9.71. The van der Waals surface area contributed by atoms with Gasteiger partial charge in [0.2, 0.25) is 0 Å². The molecule has 4 rings (SSSR count). The second kappa shape index (κ2) is 5.37. The predicted molar refractivity (Wildman–Crippen MR) is 89.2 cm³/mol. The van der Waals surface area contributed by atoms with Crippen molar-refractivity contribution in [3.8, 4) is 10.6 Å². The van der Waals surface area contributed by atoms with Gasteiger partial charge in [-0.05, 0) is 44.4 Å². The predicted octanol–water partition coefficient (Wildman–Crippen LogP) is 3.32. The van der Waals surface area contributed by atoms with Gasteiger partial charge >= 0.3 is 0 Å². The van der Waals surface area contributed by atoms with Crippen LogP contribution in [-0.2, 0) is 0 Å². The van der Waals surface area contributed by atoms with E-state index in [0.717, 1.165) is 51.4 Å². The minimum Gasteiger partial charge on any atom is -0.393 e. The maximum atomic E-state index is 9.71. The molecule has 1 fully saturated rings. The van der Waals surface area contributed by atoms with Gasteiger partial charge in [-0.2, -0.15) is 5.10 Å². The van der Waals surface area contributed by atoms with Crippen molar-refractivity contribution in [2.45, 2.75) is 38.3 Å². The third kappa shape index (κ3) is 2.48. The van der Waals surface area contributed by atoms with E-state index in [0.29, 0.717) is 6.04 Å². The van der Waals surface area contributed by atoms with E-state index in [-0.39, 0.29) is 6.10 Å². The number of hydrogen-bond acceptors (Lipinski definition) is 5. The molecule has 1 aliphatic carbocycles. The van der Waals surface area contributed by atoms with E-state index in [2.05, 4.69) is 32.6 Å². The average Bonchev–Trinajstić information content (AvgIpc) is 3.18. The van der Waals surface area contributed by atoms with E-state index in [1.807, 2.05) is 13.0 Å². The number of aryl methyl sites for hydroxylation is 1. The van der Waals surface area contributed by atoms with Crippen LogP contribution in [0.1, 0.15) is 25.0 Å². The van der Waals surface area contributed by atoms with Crippen molar-refractivity contribution in [1.82, 2.24) is 15.2 Å². The number of nitrogens with zero attached hydrogens (tertiary/aromatic N) is 2. The molecule has 0 aromatic carbocycles. The smallest absolute Gasteiger partial charge is 0.0841 e. The molecule has 3 aromatic heterocycles. The van der Waals surface area contributed by atoms with Crippen LogP contribution in [0.15, 0.2) is 24.4 Å². The summed E-state index contributed by atoms with van der Waals surface area (Å²) in [5, 5.41) is 20.3. The first-order valence-electron chi connectivity index (χ1n) is 7.54. The number of nitrogens with one attached hydrogen (secondary N) is 2. The Morgan fingerprint density at radius 3 is 3.00 bits per heavy atom. The second-order valence-corrected chi connectivity index (χ2v) is 6.97. The highest BCUT2D eigenvalue weighted by atomic mass is 32.1. The number of H-pyrrole nitrogens is 1. The van der Waals surface area contributed by atoms with Gasteiger partial charge in [0.15, 0.2) is 0 Å². The van der Waals surface area contributed by atoms with Gasteiger partial charge in [0.25, 0.3) is 0 Å². The summed E-state index contributed by atoms with van der Waals surface area (Å²) in [5.41, 5.74) is 4.15. The molecule has 3 aromatic rings. The summed E-state index contributed by atoms with van der Waals surface area (Å²) in [4.78, 5) is 5.78. The first-order valence-corrected chi connectivity index (χ1v) is 8.36. The Morgan fingerprint density at radius 2 is 2.27 bits per heavy atom. The van der Waals surface area contributed by atoms with Gasteiger partial charge in [-0.25, -0.2) is 0 Å². The number of aliphatic hydroxyl groups excluding tert-OH is 1. The zero-order valence-electron chi connectivity index (χ0n) is 12.3. The lowest BCUT2D eigenvalue weighted by atomic mass is 10.2. The van der Waals surface area contributed by atoms with Gasteiger partial charge in [-0.1, -0.05) is 0 Å². The molecule has 6 heteroatoms. The zero-order chi connectivity index (χ0) is 15.1. The molecule has 5 nitrogen and oxygen atoms in total. The van der Waals surface area contributed by atoms with Gasteiger partial charge in [-0.3, -0.25) is 10.1 Å². The first-order chi connectivity index (χ1) is 10.7. The van der Waals surface area contributed by atoms with Crippen molar-refractivity contribution in [1.29, 1.82) is 0 Å². The summed E-state index contributed by atoms with van der Waals surface area (Å²) in [6.45, 7) is 2.02. The number of rotatable bonds is 3. The third-order valence-corrected chi connectivity index (χ3v) is 5.33. The third-order valence-electron chi connectivity index (χ3n) is 4.14. The Bertz CT molecular complexity index is 796. The van der Waals surface area contributed by atoms with Crippen molar-refractivity contribution < 1.29 is 5.11 Å². The fraction of sp³-hybridized carbons (Fsp3) is 0.375. The molecule has 0 bridgehead atoms. The maximum Gasteiger partial charge on any atom is 0.0841 e. The van der Waals surface area contributed by atoms with E-state index >= 15 is 0 Å². The van der Waals surface area contributed by atoms with Crippen molar-refractivity contribution >= 4 is 27.2 Å². The molecule has 22 heavy (non-hydrogen) atoms. The van der Waals surface area contributed by atoms with Gasteiger partial charge in [0.05, 0.1) is 32.6 Å². The normalized spacial score (nSPS) is 21.5. The van der Waals surface area contributed by atoms with Crippen LogP contribution in [0.25, 0.3) is 20.8 Å². The first kappa shape index (κ1) is 13.7. The molecule has 0 aliphatic heterocycles. The minimum absolute atomic E-state index is 0.167. The van der Waals surface area contributed by atoms with Crippen LogP contribution < -0.4 is 5.32 Å². The van der Waals surface area contributed by atoms with Crippen molar-refractivity contribution in [3.05, 3.63) is 30.1 Å². The molecule has 114 valence electrons. The van der Waals surface area contributed by atoms with Crippen molar-refractivity contribution in [2.75, 3.05) is 5.32 Å². The summed E-state index contributed by atoms with van der Waals surface area (Å²) < 4.78 is 1.16. The van der Waals surface area contributed by atoms with Crippen LogP contribution in [0.5, 0.6) is 0 Å². The van der Waals surface area contributed by atoms with Crippen molar-refractivity contribution in [2.24, 2.45) is 0 Å². The fourth-order valence-corrected chi connectivity index (χ4v) is 4.15. The van der Waals surface area contributed by atoms with E-state index in [1.165, 1.54) is 0 Å². The number of pyridine rings is 1. The van der Waals surface area contributed by atoms with Gasteiger partial charge < -0.3 is 10.4 Å². The molecule has 0 radical (unpaired) electrons. The number of anilines is 1. The van der Waals surface area contributed by atoms with Gasteiger partial charge in [-0.15, -0.1) is 11.3 Å². The lowest BCUT2D eigenvalue weighted by Crippen LogP contribution is -2.16. The largest absolute Gasteiger partial charge is 0.393 e. The van der Waals surface area contributed by atoms with Crippen LogP contribution in [0, 0.1) is 6.92 Å². The Labute approximate surface area is 132 Å². The van der Waals surface area contributed by atoms with Gasteiger partial charge in [0, 0.05) is 17.9 Å². The highest BCUT2D eigenvalue weighted by Crippen LogP contribution is 2.37. The summed E-state index contributed by atoms with van der Waals surface area (Å²) >= 11 is 1.72. The standard InChI is InChI=1S/C16H18N4OS/c1-9-6-13(19-10-2-3-11(21)7-10)16-14(18-9)8-15(22-16)12-4-5-17-20-12/h4-6,8,10-11,21H,2-3,7H2,1H3,(H,17,20)(H,18,19)/t10-,11-/m0/s1. The summed E-state index contributed by atoms with van der Waals surface area (Å²) in [6, 6.07) is 6.52.